The van der Waals surface area contributed by atoms with E-state index < -0.39 is 0 Å². The Labute approximate surface area is 298 Å². The van der Waals surface area contributed by atoms with Gasteiger partial charge in [-0.3, -0.25) is 0 Å². The van der Waals surface area contributed by atoms with E-state index in [2.05, 4.69) is 39.2 Å². The zero-order valence-electron chi connectivity index (χ0n) is 28.3. The first kappa shape index (κ1) is 33.2. The highest BCUT2D eigenvalue weighted by Crippen LogP contribution is 2.38. The third kappa shape index (κ3) is 6.92. The number of anilines is 3. The van der Waals surface area contributed by atoms with Gasteiger partial charge in [0.2, 0.25) is 0 Å². The Kier molecular flexibility index (Phi) is 9.39. The fourth-order valence-corrected chi connectivity index (χ4v) is 5.91. The molecular formula is C41H34N6O5. The predicted molar refractivity (Wildman–Crippen MR) is 205 cm³/mol. The average Bonchev–Trinajstić information content (AvgIpc) is 3.95. The minimum atomic E-state index is 0.153. The van der Waals surface area contributed by atoms with Crippen molar-refractivity contribution < 1.29 is 22.7 Å². The lowest BCUT2D eigenvalue weighted by Crippen LogP contribution is -1.89. The van der Waals surface area contributed by atoms with Gasteiger partial charge in [-0.05, 0) is 45.1 Å². The summed E-state index contributed by atoms with van der Waals surface area (Å²) in [4.78, 5) is 11.7. The topological polar surface area (TPSA) is 175 Å². The van der Waals surface area contributed by atoms with Crippen LogP contribution >= 0.6 is 0 Å². The molecular weight excluding hydrogens is 656 g/mol. The number of methoxy groups -OCH3 is 2. The van der Waals surface area contributed by atoms with Gasteiger partial charge in [0, 0.05) is 10.9 Å². The molecule has 0 amide bonds. The van der Waals surface area contributed by atoms with Crippen molar-refractivity contribution in [2.75, 3.05) is 31.4 Å². The molecule has 0 aliphatic heterocycles. The number of benzene rings is 6. The molecule has 0 aliphatic rings. The third-order valence-corrected chi connectivity index (χ3v) is 8.31. The second-order valence-corrected chi connectivity index (χ2v) is 11.5. The molecule has 0 spiro atoms. The van der Waals surface area contributed by atoms with Crippen molar-refractivity contribution >= 4 is 50.4 Å². The van der Waals surface area contributed by atoms with Crippen molar-refractivity contribution in [3.63, 3.8) is 0 Å². The molecule has 0 aliphatic carbocycles. The molecule has 0 atom stereocenters. The summed E-state index contributed by atoms with van der Waals surface area (Å²) in [7, 11) is 3.28. The van der Waals surface area contributed by atoms with E-state index >= 15 is 0 Å². The zero-order valence-corrected chi connectivity index (χ0v) is 28.3. The number of nitrogens with two attached hydrogens (primary N) is 3. The van der Waals surface area contributed by atoms with Crippen molar-refractivity contribution in [3.8, 4) is 45.5 Å². The van der Waals surface area contributed by atoms with Crippen LogP contribution in [0.4, 0.5) is 18.0 Å². The van der Waals surface area contributed by atoms with E-state index in [1.807, 2.05) is 91.0 Å². The number of fused-ring (bicyclic) bond motifs is 3. The number of aromatic nitrogens is 3. The van der Waals surface area contributed by atoms with Crippen LogP contribution < -0.4 is 26.7 Å². The monoisotopic (exact) mass is 690 g/mol. The number of rotatable bonds is 5. The van der Waals surface area contributed by atoms with Gasteiger partial charge in [0.15, 0.2) is 17.3 Å². The van der Waals surface area contributed by atoms with Gasteiger partial charge in [-0.1, -0.05) is 97.1 Å². The van der Waals surface area contributed by atoms with Crippen LogP contribution in [0.2, 0.25) is 0 Å². The molecule has 52 heavy (non-hydrogen) atoms. The second kappa shape index (κ2) is 14.7. The van der Waals surface area contributed by atoms with Gasteiger partial charge in [-0.2, -0.15) is 0 Å². The Hall–Kier alpha value is -7.27. The van der Waals surface area contributed by atoms with E-state index in [9.17, 15) is 0 Å². The Morgan fingerprint density at radius 3 is 1.62 bits per heavy atom. The zero-order chi connectivity index (χ0) is 36.0. The van der Waals surface area contributed by atoms with Crippen LogP contribution in [0.15, 0.2) is 147 Å². The minimum absolute atomic E-state index is 0.153. The maximum atomic E-state index is 5.53. The van der Waals surface area contributed by atoms with Crippen LogP contribution in [-0.2, 0) is 0 Å². The lowest BCUT2D eigenvalue weighted by atomic mass is 10.0. The average molecular weight is 691 g/mol. The molecule has 6 N–H and O–H groups in total. The van der Waals surface area contributed by atoms with Gasteiger partial charge in [0.1, 0.15) is 11.5 Å². The number of nitrogens with zero attached hydrogens (tertiary/aromatic N) is 3. The van der Waals surface area contributed by atoms with Crippen LogP contribution in [0.3, 0.4) is 0 Å². The van der Waals surface area contributed by atoms with Gasteiger partial charge >= 0.3 is 0 Å². The molecule has 3 aromatic heterocycles. The van der Waals surface area contributed by atoms with E-state index in [0.717, 1.165) is 49.7 Å². The maximum absolute atomic E-state index is 5.53. The van der Waals surface area contributed by atoms with Crippen LogP contribution in [0.5, 0.6) is 11.5 Å². The van der Waals surface area contributed by atoms with Crippen molar-refractivity contribution in [2.45, 2.75) is 0 Å². The Morgan fingerprint density at radius 1 is 0.481 bits per heavy atom. The molecule has 11 nitrogen and oxygen atoms in total. The first-order valence-corrected chi connectivity index (χ1v) is 16.2. The quantitative estimate of drug-likeness (QED) is 0.157. The summed E-state index contributed by atoms with van der Waals surface area (Å²) in [5, 5.41) is 6.70. The van der Waals surface area contributed by atoms with Crippen molar-refractivity contribution in [3.05, 3.63) is 134 Å². The van der Waals surface area contributed by atoms with Crippen molar-refractivity contribution in [2.24, 2.45) is 0 Å². The first-order chi connectivity index (χ1) is 25.4. The summed E-state index contributed by atoms with van der Waals surface area (Å²) in [6.45, 7) is 0. The molecule has 9 aromatic rings. The number of nitrogen functional groups attached to an aromatic ring is 3. The maximum Gasteiger partial charge on any atom is 0.292 e. The third-order valence-electron chi connectivity index (χ3n) is 8.31. The summed E-state index contributed by atoms with van der Waals surface area (Å²) in [6.07, 6.45) is 4.85. The summed E-state index contributed by atoms with van der Waals surface area (Å²) in [5.41, 5.74) is 19.2. The van der Waals surface area contributed by atoms with E-state index in [1.165, 1.54) is 10.8 Å². The van der Waals surface area contributed by atoms with Crippen molar-refractivity contribution in [1.29, 1.82) is 0 Å². The Bertz CT molecular complexity index is 2630. The van der Waals surface area contributed by atoms with Gasteiger partial charge in [-0.25, -0.2) is 15.0 Å². The molecule has 0 saturated heterocycles. The molecule has 6 aromatic carbocycles. The van der Waals surface area contributed by atoms with Crippen molar-refractivity contribution in [1.82, 2.24) is 15.0 Å². The standard InChI is InChI=1S/2C14H12N2O2.C13H10N2O/c1-17-11-7-6-9-4-2-3-5-10(9)13(11)12-8-16-14(15)18-12;1-17-13-10-5-3-2-4-9(10)6-7-11(13)12-8-16-14(15)18-12;14-13-15-8-12(16-13)11-6-5-9-3-1-2-4-10(9)7-11/h2*2-8H,1H3,(H2,15,16);1-8H,(H2,14,15). The van der Waals surface area contributed by atoms with Gasteiger partial charge in [-0.15, -0.1) is 0 Å². The lowest BCUT2D eigenvalue weighted by Gasteiger charge is -2.09. The van der Waals surface area contributed by atoms with Crippen LogP contribution in [-0.4, -0.2) is 29.2 Å². The normalized spacial score (nSPS) is 10.7. The molecule has 0 saturated carbocycles. The van der Waals surface area contributed by atoms with Gasteiger partial charge in [0.05, 0.1) is 43.9 Å². The molecule has 9 rings (SSSR count). The highest BCUT2D eigenvalue weighted by atomic mass is 16.5. The van der Waals surface area contributed by atoms with E-state index in [0.29, 0.717) is 17.3 Å². The largest absolute Gasteiger partial charge is 0.496 e. The molecule has 3 heterocycles. The summed E-state index contributed by atoms with van der Waals surface area (Å²) < 4.78 is 26.9. The smallest absolute Gasteiger partial charge is 0.292 e. The fourth-order valence-electron chi connectivity index (χ4n) is 5.91. The van der Waals surface area contributed by atoms with Crippen LogP contribution in [0.1, 0.15) is 0 Å². The molecule has 0 bridgehead atoms. The van der Waals surface area contributed by atoms with Crippen LogP contribution in [0, 0.1) is 0 Å². The summed E-state index contributed by atoms with van der Waals surface area (Å²) >= 11 is 0. The predicted octanol–water partition coefficient (Wildman–Crippen LogP) is 9.25. The van der Waals surface area contributed by atoms with E-state index in [1.54, 1.807) is 32.8 Å². The molecule has 11 heteroatoms. The number of ether oxygens (including phenoxy) is 2. The fraction of sp³-hybridized carbons (Fsp3) is 0.0488. The SMILES string of the molecule is COc1c(-c2cnc(N)o2)ccc2ccccc12.COc1ccc2ccccc2c1-c1cnc(N)o1.Nc1ncc(-c2ccc3ccccc3c2)o1. The Morgan fingerprint density at radius 2 is 1.00 bits per heavy atom. The first-order valence-electron chi connectivity index (χ1n) is 16.2. The molecule has 0 unspecified atom stereocenters. The summed E-state index contributed by atoms with van der Waals surface area (Å²) in [5.74, 6) is 3.42. The Balaban J connectivity index is 0.000000122. The van der Waals surface area contributed by atoms with Gasteiger partial charge < -0.3 is 39.9 Å². The molecule has 0 radical (unpaired) electrons. The van der Waals surface area contributed by atoms with Crippen LogP contribution in [0.25, 0.3) is 66.3 Å². The van der Waals surface area contributed by atoms with E-state index in [-0.39, 0.29) is 18.0 Å². The number of hydrogen-bond donors (Lipinski definition) is 3. The summed E-state index contributed by atoms with van der Waals surface area (Å²) in [6, 6.07) is 38.7. The number of hydrogen-bond acceptors (Lipinski definition) is 11. The number of oxazole rings is 3. The van der Waals surface area contributed by atoms with Gasteiger partial charge in [0.25, 0.3) is 18.0 Å². The highest BCUT2D eigenvalue weighted by Gasteiger charge is 2.15. The molecule has 0 fully saturated rings. The highest BCUT2D eigenvalue weighted by molar-refractivity contribution is 5.98. The molecule has 258 valence electrons. The lowest BCUT2D eigenvalue weighted by molar-refractivity contribution is 0.415. The second-order valence-electron chi connectivity index (χ2n) is 11.5. The minimum Gasteiger partial charge on any atom is -0.496 e. The van der Waals surface area contributed by atoms with E-state index in [4.69, 9.17) is 39.9 Å².